The molecule has 2 aliphatic rings. The first-order valence-electron chi connectivity index (χ1n) is 8.59. The fraction of sp³-hybridized carbons (Fsp3) is 0.444. The van der Waals surface area contributed by atoms with Crippen molar-refractivity contribution in [2.24, 2.45) is 0 Å². The van der Waals surface area contributed by atoms with Crippen LogP contribution in [0.25, 0.3) is 10.9 Å². The highest BCUT2D eigenvalue weighted by Gasteiger charge is 2.32. The van der Waals surface area contributed by atoms with Crippen molar-refractivity contribution in [3.05, 3.63) is 36.0 Å². The van der Waals surface area contributed by atoms with Crippen LogP contribution in [0.15, 0.2) is 30.5 Å². The van der Waals surface area contributed by atoms with E-state index in [1.165, 1.54) is 0 Å². The molecule has 3 amide bonds. The summed E-state index contributed by atoms with van der Waals surface area (Å²) in [5, 5.41) is 3.96. The lowest BCUT2D eigenvalue weighted by Gasteiger charge is -2.37. The number of hydrogen-bond acceptors (Lipinski definition) is 2. The summed E-state index contributed by atoms with van der Waals surface area (Å²) in [4.78, 5) is 31.6. The van der Waals surface area contributed by atoms with Crippen LogP contribution in [0, 0.1) is 0 Å². The molecule has 0 unspecified atom stereocenters. The van der Waals surface area contributed by atoms with Crippen LogP contribution in [0.2, 0.25) is 0 Å². The Bertz CT molecular complexity index is 769. The molecule has 0 radical (unpaired) electrons. The molecule has 0 aliphatic carbocycles. The van der Waals surface area contributed by atoms with Gasteiger partial charge in [0.25, 0.3) is 0 Å². The molecular weight excluding hydrogens is 304 g/mol. The first-order chi connectivity index (χ1) is 11.7. The molecule has 1 aromatic carbocycles. The third-order valence-electron chi connectivity index (χ3n) is 5.10. The maximum atomic E-state index is 12.7. The van der Waals surface area contributed by atoms with Gasteiger partial charge in [0, 0.05) is 43.3 Å². The number of aromatic amines is 1. The van der Waals surface area contributed by atoms with Gasteiger partial charge in [-0.3, -0.25) is 4.79 Å². The molecular formula is C18H22N4O2. The number of urea groups is 1. The number of H-pyrrole nitrogens is 1. The minimum absolute atomic E-state index is 0.00549. The normalized spacial score (nSPS) is 21.3. The van der Waals surface area contributed by atoms with Crippen molar-refractivity contribution in [3.8, 4) is 0 Å². The van der Waals surface area contributed by atoms with Gasteiger partial charge in [-0.25, -0.2) is 4.79 Å². The molecule has 0 bridgehead atoms. The maximum absolute atomic E-state index is 12.7. The largest absolute Gasteiger partial charge is 0.361 e. The second-order valence-electron chi connectivity index (χ2n) is 6.60. The van der Waals surface area contributed by atoms with E-state index >= 15 is 0 Å². The molecule has 2 N–H and O–H groups in total. The van der Waals surface area contributed by atoms with Crippen molar-refractivity contribution in [2.75, 3.05) is 26.2 Å². The van der Waals surface area contributed by atoms with Crippen molar-refractivity contribution in [2.45, 2.75) is 25.3 Å². The van der Waals surface area contributed by atoms with Crippen LogP contribution in [0.4, 0.5) is 4.79 Å². The highest BCUT2D eigenvalue weighted by Crippen LogP contribution is 2.21. The Balaban J connectivity index is 1.45. The summed E-state index contributed by atoms with van der Waals surface area (Å²) in [7, 11) is 0. The molecule has 4 rings (SSSR count). The predicted molar refractivity (Wildman–Crippen MR) is 91.7 cm³/mol. The van der Waals surface area contributed by atoms with Crippen LogP contribution in [0.3, 0.4) is 0 Å². The number of nitrogens with one attached hydrogen (secondary N) is 2. The molecule has 2 aromatic rings. The van der Waals surface area contributed by atoms with E-state index in [0.717, 1.165) is 42.4 Å². The Hall–Kier alpha value is -2.50. The Labute approximate surface area is 140 Å². The second-order valence-corrected chi connectivity index (χ2v) is 6.60. The van der Waals surface area contributed by atoms with Gasteiger partial charge in [0.2, 0.25) is 5.91 Å². The van der Waals surface area contributed by atoms with E-state index in [2.05, 4.69) is 10.3 Å². The SMILES string of the molecule is O=C(Cc1c[nH]c2ccccc12)N1CCC[C@@H](N2CCNC2=O)C1. The Morgan fingerprint density at radius 3 is 2.96 bits per heavy atom. The number of hydrogen-bond donors (Lipinski definition) is 2. The third kappa shape index (κ3) is 2.72. The molecule has 2 aliphatic heterocycles. The predicted octanol–water partition coefficient (Wildman–Crippen LogP) is 1.73. The summed E-state index contributed by atoms with van der Waals surface area (Å²) in [6.07, 6.45) is 4.26. The maximum Gasteiger partial charge on any atom is 0.317 e. The third-order valence-corrected chi connectivity index (χ3v) is 5.10. The van der Waals surface area contributed by atoms with Gasteiger partial charge in [-0.15, -0.1) is 0 Å². The molecule has 24 heavy (non-hydrogen) atoms. The molecule has 126 valence electrons. The van der Waals surface area contributed by atoms with Gasteiger partial charge in [0.1, 0.15) is 0 Å². The smallest absolute Gasteiger partial charge is 0.317 e. The van der Waals surface area contributed by atoms with Crippen LogP contribution >= 0.6 is 0 Å². The van der Waals surface area contributed by atoms with Gasteiger partial charge in [-0.2, -0.15) is 0 Å². The minimum atomic E-state index is 0.00549. The molecule has 1 aromatic heterocycles. The first kappa shape index (κ1) is 15.1. The second kappa shape index (κ2) is 6.19. The number of carbonyl (C=O) groups excluding carboxylic acids is 2. The van der Waals surface area contributed by atoms with Gasteiger partial charge >= 0.3 is 6.03 Å². The van der Waals surface area contributed by atoms with Crippen molar-refractivity contribution in [1.29, 1.82) is 0 Å². The van der Waals surface area contributed by atoms with Gasteiger partial charge in [-0.1, -0.05) is 18.2 Å². The van der Waals surface area contributed by atoms with Crippen LogP contribution in [0.1, 0.15) is 18.4 Å². The van der Waals surface area contributed by atoms with Gasteiger partial charge in [-0.05, 0) is 24.5 Å². The molecule has 2 saturated heterocycles. The average molecular weight is 326 g/mol. The molecule has 0 saturated carbocycles. The number of aromatic nitrogens is 1. The van der Waals surface area contributed by atoms with Crippen molar-refractivity contribution >= 4 is 22.8 Å². The Morgan fingerprint density at radius 1 is 1.25 bits per heavy atom. The fourth-order valence-corrected chi connectivity index (χ4v) is 3.82. The number of rotatable bonds is 3. The zero-order valence-electron chi connectivity index (χ0n) is 13.6. The Morgan fingerprint density at radius 2 is 2.12 bits per heavy atom. The van der Waals surface area contributed by atoms with Crippen molar-refractivity contribution in [3.63, 3.8) is 0 Å². The number of carbonyl (C=O) groups is 2. The van der Waals surface area contributed by atoms with Crippen LogP contribution < -0.4 is 5.32 Å². The number of piperidine rings is 1. The van der Waals surface area contributed by atoms with Crippen molar-refractivity contribution in [1.82, 2.24) is 20.1 Å². The molecule has 2 fully saturated rings. The number of amides is 3. The monoisotopic (exact) mass is 326 g/mol. The summed E-state index contributed by atoms with van der Waals surface area (Å²) in [5.41, 5.74) is 2.10. The zero-order valence-corrected chi connectivity index (χ0v) is 13.6. The van der Waals surface area contributed by atoms with E-state index in [0.29, 0.717) is 19.5 Å². The molecule has 3 heterocycles. The van der Waals surface area contributed by atoms with Gasteiger partial charge in [0.05, 0.1) is 12.5 Å². The quantitative estimate of drug-likeness (QED) is 0.902. The molecule has 6 nitrogen and oxygen atoms in total. The number of para-hydroxylation sites is 1. The van der Waals surface area contributed by atoms with Crippen molar-refractivity contribution < 1.29 is 9.59 Å². The van der Waals surface area contributed by atoms with E-state index in [1.807, 2.05) is 40.3 Å². The lowest BCUT2D eigenvalue weighted by Crippen LogP contribution is -2.51. The van der Waals surface area contributed by atoms with Gasteiger partial charge in [0.15, 0.2) is 0 Å². The highest BCUT2D eigenvalue weighted by molar-refractivity contribution is 5.89. The topological polar surface area (TPSA) is 68.4 Å². The summed E-state index contributed by atoms with van der Waals surface area (Å²) < 4.78 is 0. The molecule has 1 atom stereocenters. The van der Waals surface area contributed by atoms with Gasteiger partial charge < -0.3 is 20.1 Å². The van der Waals surface area contributed by atoms with Crippen LogP contribution in [0.5, 0.6) is 0 Å². The molecule has 0 spiro atoms. The highest BCUT2D eigenvalue weighted by atomic mass is 16.2. The summed E-state index contributed by atoms with van der Waals surface area (Å²) in [6.45, 7) is 2.88. The lowest BCUT2D eigenvalue weighted by atomic mass is 10.0. The molecule has 6 heteroatoms. The minimum Gasteiger partial charge on any atom is -0.361 e. The number of likely N-dealkylation sites (tertiary alicyclic amines) is 1. The lowest BCUT2D eigenvalue weighted by molar-refractivity contribution is -0.132. The van der Waals surface area contributed by atoms with E-state index < -0.39 is 0 Å². The van der Waals surface area contributed by atoms with E-state index in [1.54, 1.807) is 0 Å². The van der Waals surface area contributed by atoms with E-state index in [4.69, 9.17) is 0 Å². The summed E-state index contributed by atoms with van der Waals surface area (Å²) in [6, 6.07) is 8.20. The zero-order chi connectivity index (χ0) is 16.5. The first-order valence-corrected chi connectivity index (χ1v) is 8.59. The fourth-order valence-electron chi connectivity index (χ4n) is 3.82. The number of fused-ring (bicyclic) bond motifs is 1. The average Bonchev–Trinajstić information content (AvgIpc) is 3.22. The van der Waals surface area contributed by atoms with Crippen LogP contribution in [-0.2, 0) is 11.2 Å². The standard InChI is InChI=1S/C18H22N4O2/c23-17(10-13-11-20-16-6-2-1-5-15(13)16)21-8-3-4-14(12-21)22-9-7-19-18(22)24/h1-2,5-6,11,14,20H,3-4,7-10,12H2,(H,19,24)/t14-/m1/s1. The number of benzene rings is 1. The van der Waals surface area contributed by atoms with E-state index in [9.17, 15) is 9.59 Å². The van der Waals surface area contributed by atoms with Crippen LogP contribution in [-0.4, -0.2) is 58.9 Å². The number of nitrogens with zero attached hydrogens (tertiary/aromatic N) is 2. The summed E-state index contributed by atoms with van der Waals surface area (Å²) >= 11 is 0. The van der Waals surface area contributed by atoms with E-state index in [-0.39, 0.29) is 18.0 Å². The summed E-state index contributed by atoms with van der Waals surface area (Å²) in [5.74, 6) is 0.143. The Kier molecular flexibility index (Phi) is 3.88.